The van der Waals surface area contributed by atoms with Gasteiger partial charge in [0.15, 0.2) is 5.78 Å². The summed E-state index contributed by atoms with van der Waals surface area (Å²) >= 11 is 0. The third-order valence-electron chi connectivity index (χ3n) is 3.60. The standard InChI is InChI=1S/C16H15N3O4S/c1-10(20)12-3-2-4-13(8-12)24(22,23)17-9-11-5-6-14-15(7-11)19-16(21)18-14/h2-8,17H,9H2,1H3,(H2,18,19,21). The average molecular weight is 345 g/mol. The molecule has 7 nitrogen and oxygen atoms in total. The molecule has 0 amide bonds. The Balaban J connectivity index is 1.82. The number of ketones is 1. The molecule has 3 N–H and O–H groups in total. The number of sulfonamides is 1. The summed E-state index contributed by atoms with van der Waals surface area (Å²) in [6, 6.07) is 11.0. The fraction of sp³-hybridized carbons (Fsp3) is 0.125. The number of carbonyl (C=O) groups excluding carboxylic acids is 1. The van der Waals surface area contributed by atoms with E-state index in [1.165, 1.54) is 25.1 Å². The third kappa shape index (κ3) is 3.29. The molecule has 0 aliphatic rings. The van der Waals surface area contributed by atoms with Gasteiger partial charge in [0.25, 0.3) is 0 Å². The number of hydrogen-bond donors (Lipinski definition) is 3. The predicted molar refractivity (Wildman–Crippen MR) is 89.4 cm³/mol. The van der Waals surface area contributed by atoms with E-state index >= 15 is 0 Å². The maximum atomic E-state index is 12.4. The number of benzene rings is 2. The van der Waals surface area contributed by atoms with Crippen LogP contribution in [-0.4, -0.2) is 24.2 Å². The van der Waals surface area contributed by atoms with Crippen molar-refractivity contribution < 1.29 is 13.2 Å². The molecule has 0 fully saturated rings. The van der Waals surface area contributed by atoms with Gasteiger partial charge in [-0.05, 0) is 36.8 Å². The van der Waals surface area contributed by atoms with Gasteiger partial charge in [0.1, 0.15) is 0 Å². The largest absolute Gasteiger partial charge is 0.323 e. The SMILES string of the molecule is CC(=O)c1cccc(S(=O)(=O)NCc2ccc3[nH]c(=O)[nH]c3c2)c1. The Hall–Kier alpha value is -2.71. The molecule has 0 bridgehead atoms. The summed E-state index contributed by atoms with van der Waals surface area (Å²) in [4.78, 5) is 27.9. The second kappa shape index (κ2) is 6.06. The quantitative estimate of drug-likeness (QED) is 0.609. The van der Waals surface area contributed by atoms with Crippen molar-refractivity contribution >= 4 is 26.8 Å². The topological polar surface area (TPSA) is 112 Å². The van der Waals surface area contributed by atoms with Crippen LogP contribution < -0.4 is 10.4 Å². The molecule has 124 valence electrons. The van der Waals surface area contributed by atoms with Gasteiger partial charge in [0.2, 0.25) is 10.0 Å². The number of carbonyl (C=O) groups is 1. The molecular formula is C16H15N3O4S. The number of Topliss-reactive ketones (excluding diaryl/α,β-unsaturated/α-hetero) is 1. The maximum Gasteiger partial charge on any atom is 0.323 e. The Morgan fingerprint density at radius 2 is 1.83 bits per heavy atom. The molecule has 1 heterocycles. The fourth-order valence-electron chi connectivity index (χ4n) is 2.33. The molecule has 3 aromatic rings. The Bertz CT molecular complexity index is 1080. The zero-order chi connectivity index (χ0) is 17.3. The van der Waals surface area contributed by atoms with Crippen LogP contribution in [0.3, 0.4) is 0 Å². The van der Waals surface area contributed by atoms with Crippen LogP contribution in [0.1, 0.15) is 22.8 Å². The molecule has 8 heteroatoms. The van der Waals surface area contributed by atoms with E-state index in [0.29, 0.717) is 22.2 Å². The van der Waals surface area contributed by atoms with Gasteiger partial charge >= 0.3 is 5.69 Å². The van der Waals surface area contributed by atoms with Crippen LogP contribution in [0, 0.1) is 0 Å². The first-order chi connectivity index (χ1) is 11.3. The van der Waals surface area contributed by atoms with Gasteiger partial charge in [-0.25, -0.2) is 17.9 Å². The highest BCUT2D eigenvalue weighted by molar-refractivity contribution is 7.89. The van der Waals surface area contributed by atoms with Crippen LogP contribution in [0.4, 0.5) is 0 Å². The summed E-state index contributed by atoms with van der Waals surface area (Å²) in [6.07, 6.45) is 0. The number of H-pyrrole nitrogens is 2. The third-order valence-corrected chi connectivity index (χ3v) is 5.00. The van der Waals surface area contributed by atoms with Gasteiger partial charge in [0, 0.05) is 12.1 Å². The molecule has 0 atom stereocenters. The number of nitrogens with one attached hydrogen (secondary N) is 3. The lowest BCUT2D eigenvalue weighted by Crippen LogP contribution is -2.23. The van der Waals surface area contributed by atoms with Crippen molar-refractivity contribution in [2.75, 3.05) is 0 Å². The van der Waals surface area contributed by atoms with Gasteiger partial charge in [0.05, 0.1) is 15.9 Å². The lowest BCUT2D eigenvalue weighted by atomic mass is 10.2. The van der Waals surface area contributed by atoms with Crippen molar-refractivity contribution in [1.82, 2.24) is 14.7 Å². The summed E-state index contributed by atoms with van der Waals surface area (Å²) in [7, 11) is -3.74. The molecule has 2 aromatic carbocycles. The monoisotopic (exact) mass is 345 g/mol. The van der Waals surface area contributed by atoms with Crippen LogP contribution in [0.25, 0.3) is 11.0 Å². The van der Waals surface area contributed by atoms with Crippen LogP contribution in [-0.2, 0) is 16.6 Å². The van der Waals surface area contributed by atoms with E-state index in [0.717, 1.165) is 0 Å². The molecule has 0 unspecified atom stereocenters. The van der Waals surface area contributed by atoms with Crippen molar-refractivity contribution in [3.63, 3.8) is 0 Å². The Morgan fingerprint density at radius 1 is 1.08 bits per heavy atom. The highest BCUT2D eigenvalue weighted by Gasteiger charge is 2.15. The van der Waals surface area contributed by atoms with Gasteiger partial charge in [-0.1, -0.05) is 18.2 Å². The summed E-state index contributed by atoms with van der Waals surface area (Å²) in [5.41, 5.74) is 1.98. The second-order valence-electron chi connectivity index (χ2n) is 5.37. The minimum absolute atomic E-state index is 0.0336. The van der Waals surface area contributed by atoms with Crippen molar-refractivity contribution in [1.29, 1.82) is 0 Å². The van der Waals surface area contributed by atoms with Gasteiger partial charge < -0.3 is 9.97 Å². The zero-order valence-corrected chi connectivity index (χ0v) is 13.6. The van der Waals surface area contributed by atoms with E-state index in [4.69, 9.17) is 0 Å². The molecule has 0 saturated heterocycles. The lowest BCUT2D eigenvalue weighted by Gasteiger charge is -2.08. The zero-order valence-electron chi connectivity index (χ0n) is 12.8. The summed E-state index contributed by atoms with van der Waals surface area (Å²) < 4.78 is 27.2. The molecule has 0 aliphatic heterocycles. The molecule has 0 spiro atoms. The van der Waals surface area contributed by atoms with Crippen molar-refractivity contribution in [3.8, 4) is 0 Å². The first kappa shape index (κ1) is 16.2. The Morgan fingerprint density at radius 3 is 2.58 bits per heavy atom. The highest BCUT2D eigenvalue weighted by Crippen LogP contribution is 2.14. The second-order valence-corrected chi connectivity index (χ2v) is 7.13. The molecule has 0 aliphatic carbocycles. The maximum absolute atomic E-state index is 12.4. The minimum atomic E-state index is -3.74. The molecule has 3 rings (SSSR count). The molecule has 0 radical (unpaired) electrons. The van der Waals surface area contributed by atoms with E-state index < -0.39 is 10.0 Å². The first-order valence-electron chi connectivity index (χ1n) is 7.17. The van der Waals surface area contributed by atoms with Gasteiger partial charge in [-0.2, -0.15) is 0 Å². The number of imidazole rings is 1. The predicted octanol–water partition coefficient (Wildman–Crippen LogP) is 1.54. The average Bonchev–Trinajstić information content (AvgIpc) is 2.92. The van der Waals surface area contributed by atoms with E-state index in [1.807, 2.05) is 0 Å². The highest BCUT2D eigenvalue weighted by atomic mass is 32.2. The first-order valence-corrected chi connectivity index (χ1v) is 8.65. The van der Waals surface area contributed by atoms with E-state index in [-0.39, 0.29) is 22.9 Å². The smallest absolute Gasteiger partial charge is 0.306 e. The van der Waals surface area contributed by atoms with Crippen LogP contribution in [0.2, 0.25) is 0 Å². The number of aromatic amines is 2. The van der Waals surface area contributed by atoms with Crippen LogP contribution in [0.5, 0.6) is 0 Å². The van der Waals surface area contributed by atoms with E-state index in [1.54, 1.807) is 24.3 Å². The molecular weight excluding hydrogens is 330 g/mol. The Labute approximate surface area is 137 Å². The van der Waals surface area contributed by atoms with Crippen molar-refractivity contribution in [2.24, 2.45) is 0 Å². The van der Waals surface area contributed by atoms with Crippen LogP contribution in [0.15, 0.2) is 52.2 Å². The summed E-state index contributed by atoms with van der Waals surface area (Å²) in [5.74, 6) is -0.200. The van der Waals surface area contributed by atoms with E-state index in [9.17, 15) is 18.0 Å². The summed E-state index contributed by atoms with van der Waals surface area (Å²) in [5, 5.41) is 0. The molecule has 1 aromatic heterocycles. The van der Waals surface area contributed by atoms with E-state index in [2.05, 4.69) is 14.7 Å². The van der Waals surface area contributed by atoms with Gasteiger partial charge in [-0.3, -0.25) is 4.79 Å². The summed E-state index contributed by atoms with van der Waals surface area (Å²) in [6.45, 7) is 1.45. The molecule has 0 saturated carbocycles. The van der Waals surface area contributed by atoms with Gasteiger partial charge in [-0.15, -0.1) is 0 Å². The fourth-order valence-corrected chi connectivity index (χ4v) is 3.40. The number of fused-ring (bicyclic) bond motifs is 1. The van der Waals surface area contributed by atoms with Crippen molar-refractivity contribution in [3.05, 3.63) is 64.1 Å². The number of rotatable bonds is 5. The Kier molecular flexibility index (Phi) is 4.08. The van der Waals surface area contributed by atoms with Crippen molar-refractivity contribution in [2.45, 2.75) is 18.4 Å². The lowest BCUT2D eigenvalue weighted by molar-refractivity contribution is 0.101. The number of aromatic nitrogens is 2. The number of hydrogen-bond acceptors (Lipinski definition) is 4. The normalized spacial score (nSPS) is 11.7. The molecule has 24 heavy (non-hydrogen) atoms. The minimum Gasteiger partial charge on any atom is -0.306 e. The van der Waals surface area contributed by atoms with Crippen LogP contribution >= 0.6 is 0 Å².